The summed E-state index contributed by atoms with van der Waals surface area (Å²) >= 11 is 0. The van der Waals surface area contributed by atoms with Gasteiger partial charge in [0.2, 0.25) is 5.92 Å². The first-order valence-corrected chi connectivity index (χ1v) is 8.19. The fraction of sp³-hybridized carbons (Fsp3) is 0.556. The molecule has 2 rings (SSSR count). The maximum Gasteiger partial charge on any atom is 0.338 e. The predicted octanol–water partition coefficient (Wildman–Crippen LogP) is 3.85. The molecule has 0 bridgehead atoms. The third-order valence-corrected chi connectivity index (χ3v) is 4.00. The maximum atomic E-state index is 13.9. The molecule has 0 N–H and O–H groups in total. The topological polar surface area (TPSA) is 52.6 Å². The van der Waals surface area contributed by atoms with Crippen LogP contribution in [0.3, 0.4) is 0 Å². The van der Waals surface area contributed by atoms with Crippen molar-refractivity contribution in [2.45, 2.75) is 38.5 Å². The molecule has 2 atom stereocenters. The zero-order chi connectivity index (χ0) is 17.6. The van der Waals surface area contributed by atoms with Gasteiger partial charge in [0.15, 0.2) is 0 Å². The van der Waals surface area contributed by atoms with Crippen molar-refractivity contribution in [3.63, 3.8) is 0 Å². The second-order valence-electron chi connectivity index (χ2n) is 6.02. The Balaban J connectivity index is 1.65. The van der Waals surface area contributed by atoms with Crippen LogP contribution >= 0.6 is 0 Å². The van der Waals surface area contributed by atoms with E-state index in [2.05, 4.69) is 0 Å². The summed E-state index contributed by atoms with van der Waals surface area (Å²) in [7, 11) is 0. The summed E-state index contributed by atoms with van der Waals surface area (Å²) in [6.45, 7) is 1.92. The molecule has 1 aromatic carbocycles. The fourth-order valence-electron chi connectivity index (χ4n) is 2.65. The van der Waals surface area contributed by atoms with E-state index in [9.17, 15) is 18.4 Å². The lowest BCUT2D eigenvalue weighted by Gasteiger charge is -2.16. The highest BCUT2D eigenvalue weighted by molar-refractivity contribution is 5.89. The van der Waals surface area contributed by atoms with Gasteiger partial charge in [0.25, 0.3) is 0 Å². The minimum Gasteiger partial charge on any atom is -0.466 e. The highest BCUT2D eigenvalue weighted by Gasteiger charge is 2.49. The number of benzene rings is 1. The number of carbonyl (C=O) groups is 2. The quantitative estimate of drug-likeness (QED) is 0.506. The summed E-state index contributed by atoms with van der Waals surface area (Å²) in [4.78, 5) is 23.1. The third-order valence-electron chi connectivity index (χ3n) is 4.00. The van der Waals surface area contributed by atoms with Gasteiger partial charge in [-0.05, 0) is 37.8 Å². The SMILES string of the molecule is CCOC(=O)[C@@H]1C[C@@H]1CC(F)(F)CCCOC(=O)c1ccccc1. The molecule has 0 aliphatic heterocycles. The highest BCUT2D eigenvalue weighted by Crippen LogP contribution is 2.47. The predicted molar refractivity (Wildman–Crippen MR) is 83.8 cm³/mol. The number of hydrogen-bond acceptors (Lipinski definition) is 4. The van der Waals surface area contributed by atoms with Crippen molar-refractivity contribution in [3.05, 3.63) is 35.9 Å². The molecular weight excluding hydrogens is 318 g/mol. The zero-order valence-electron chi connectivity index (χ0n) is 13.7. The van der Waals surface area contributed by atoms with Crippen molar-refractivity contribution in [3.8, 4) is 0 Å². The average Bonchev–Trinajstić information content (AvgIpc) is 3.31. The standard InChI is InChI=1S/C18H22F2O4/c1-2-23-17(22)15-11-14(15)12-18(19,20)9-6-10-24-16(21)13-7-4-3-5-8-13/h3-5,7-8,14-15H,2,6,9-12H2,1H3/t14-,15-/m1/s1. The molecular formula is C18H22F2O4. The van der Waals surface area contributed by atoms with Gasteiger partial charge >= 0.3 is 11.9 Å². The van der Waals surface area contributed by atoms with Crippen LogP contribution in [0.25, 0.3) is 0 Å². The van der Waals surface area contributed by atoms with Gasteiger partial charge in [-0.15, -0.1) is 0 Å². The Morgan fingerprint density at radius 1 is 1.21 bits per heavy atom. The van der Waals surface area contributed by atoms with Crippen LogP contribution in [0.1, 0.15) is 43.0 Å². The second-order valence-corrected chi connectivity index (χ2v) is 6.02. The van der Waals surface area contributed by atoms with Gasteiger partial charge in [0, 0.05) is 12.8 Å². The van der Waals surface area contributed by atoms with Crippen LogP contribution in [0.2, 0.25) is 0 Å². The van der Waals surface area contributed by atoms with Gasteiger partial charge in [-0.2, -0.15) is 0 Å². The van der Waals surface area contributed by atoms with E-state index in [1.807, 2.05) is 0 Å². The molecule has 24 heavy (non-hydrogen) atoms. The van der Waals surface area contributed by atoms with Crippen LogP contribution in [0, 0.1) is 11.8 Å². The summed E-state index contributed by atoms with van der Waals surface area (Å²) in [6, 6.07) is 8.42. The van der Waals surface area contributed by atoms with Crippen LogP contribution in [0.5, 0.6) is 0 Å². The molecule has 0 heterocycles. The number of rotatable bonds is 9. The molecule has 0 radical (unpaired) electrons. The fourth-order valence-corrected chi connectivity index (χ4v) is 2.65. The van der Waals surface area contributed by atoms with E-state index in [4.69, 9.17) is 9.47 Å². The van der Waals surface area contributed by atoms with Crippen molar-refractivity contribution in [2.75, 3.05) is 13.2 Å². The minimum absolute atomic E-state index is 0.0463. The first-order valence-electron chi connectivity index (χ1n) is 8.19. The van der Waals surface area contributed by atoms with Crippen molar-refractivity contribution in [2.24, 2.45) is 11.8 Å². The summed E-state index contributed by atoms with van der Waals surface area (Å²) in [5.74, 6) is -4.43. The van der Waals surface area contributed by atoms with E-state index >= 15 is 0 Å². The lowest BCUT2D eigenvalue weighted by atomic mass is 10.1. The van der Waals surface area contributed by atoms with Gasteiger partial charge in [-0.25, -0.2) is 13.6 Å². The molecule has 0 saturated heterocycles. The zero-order valence-corrected chi connectivity index (χ0v) is 13.7. The molecule has 0 unspecified atom stereocenters. The summed E-state index contributed by atoms with van der Waals surface area (Å²) < 4.78 is 37.6. The largest absolute Gasteiger partial charge is 0.466 e. The molecule has 1 fully saturated rings. The number of hydrogen-bond donors (Lipinski definition) is 0. The van der Waals surface area contributed by atoms with E-state index in [1.165, 1.54) is 0 Å². The Bertz CT molecular complexity index is 559. The molecule has 1 saturated carbocycles. The molecule has 1 aliphatic carbocycles. The van der Waals surface area contributed by atoms with Crippen molar-refractivity contribution in [1.82, 2.24) is 0 Å². The van der Waals surface area contributed by atoms with Crippen molar-refractivity contribution < 1.29 is 27.8 Å². The van der Waals surface area contributed by atoms with Crippen LogP contribution in [-0.2, 0) is 14.3 Å². The second kappa shape index (κ2) is 8.22. The van der Waals surface area contributed by atoms with Gasteiger partial charge in [0.05, 0.1) is 24.7 Å². The molecule has 0 amide bonds. The van der Waals surface area contributed by atoms with Crippen LogP contribution in [-0.4, -0.2) is 31.1 Å². The van der Waals surface area contributed by atoms with E-state index in [0.717, 1.165) is 0 Å². The first kappa shape index (κ1) is 18.4. The van der Waals surface area contributed by atoms with Gasteiger partial charge in [-0.1, -0.05) is 18.2 Å². The van der Waals surface area contributed by atoms with E-state index < -0.39 is 11.9 Å². The van der Waals surface area contributed by atoms with Crippen LogP contribution in [0.15, 0.2) is 30.3 Å². The number of esters is 2. The molecule has 1 aromatic rings. The molecule has 0 aromatic heterocycles. The van der Waals surface area contributed by atoms with Crippen LogP contribution in [0.4, 0.5) is 8.78 Å². The van der Waals surface area contributed by atoms with E-state index in [1.54, 1.807) is 37.3 Å². The molecule has 6 heteroatoms. The van der Waals surface area contributed by atoms with Gasteiger partial charge < -0.3 is 9.47 Å². The molecule has 0 spiro atoms. The molecule has 1 aliphatic rings. The van der Waals surface area contributed by atoms with Crippen molar-refractivity contribution >= 4 is 11.9 Å². The lowest BCUT2D eigenvalue weighted by Crippen LogP contribution is -2.19. The highest BCUT2D eigenvalue weighted by atomic mass is 19.3. The summed E-state index contributed by atoms with van der Waals surface area (Å²) in [5.41, 5.74) is 0.402. The number of ether oxygens (including phenoxy) is 2. The smallest absolute Gasteiger partial charge is 0.338 e. The van der Waals surface area contributed by atoms with Crippen molar-refractivity contribution in [1.29, 1.82) is 0 Å². The summed E-state index contributed by atoms with van der Waals surface area (Å²) in [5, 5.41) is 0. The van der Waals surface area contributed by atoms with Gasteiger partial charge in [0.1, 0.15) is 0 Å². The Labute approximate surface area is 140 Å². The Hall–Kier alpha value is -1.98. The molecule has 4 nitrogen and oxygen atoms in total. The first-order chi connectivity index (χ1) is 11.4. The molecule has 132 valence electrons. The third kappa shape index (κ3) is 5.58. The Morgan fingerprint density at radius 2 is 1.92 bits per heavy atom. The van der Waals surface area contributed by atoms with E-state index in [0.29, 0.717) is 12.0 Å². The maximum absolute atomic E-state index is 13.9. The number of alkyl halides is 2. The lowest BCUT2D eigenvalue weighted by molar-refractivity contribution is -0.145. The minimum atomic E-state index is -2.86. The van der Waals surface area contributed by atoms with Gasteiger partial charge in [-0.3, -0.25) is 4.79 Å². The number of carbonyl (C=O) groups excluding carboxylic acids is 2. The normalized spacial score (nSPS) is 19.6. The van der Waals surface area contributed by atoms with Crippen LogP contribution < -0.4 is 0 Å². The monoisotopic (exact) mass is 340 g/mol. The Morgan fingerprint density at radius 3 is 2.58 bits per heavy atom. The Kier molecular flexibility index (Phi) is 6.29. The number of halogens is 2. The average molecular weight is 340 g/mol. The summed E-state index contributed by atoms with van der Waals surface area (Å²) in [6.07, 6.45) is -0.121. The van der Waals surface area contributed by atoms with E-state index in [-0.39, 0.29) is 50.3 Å².